The number of anilines is 2. The second kappa shape index (κ2) is 13.2. The van der Waals surface area contributed by atoms with Crippen molar-refractivity contribution in [3.63, 3.8) is 0 Å². The van der Waals surface area contributed by atoms with Gasteiger partial charge in [0.25, 0.3) is 5.91 Å². The van der Waals surface area contributed by atoms with Crippen LogP contribution in [-0.2, 0) is 4.79 Å². The Morgan fingerprint density at radius 3 is 2.05 bits per heavy atom. The molecule has 3 N–H and O–H groups in total. The van der Waals surface area contributed by atoms with Crippen LogP contribution in [0, 0.1) is 13.8 Å². The summed E-state index contributed by atoms with van der Waals surface area (Å²) in [6, 6.07) is 21.8. The molecule has 1 atom stereocenters. The molecular formula is C30H22Cl4N2O4S. The molecule has 0 spiro atoms. The summed E-state index contributed by atoms with van der Waals surface area (Å²) in [6.07, 6.45) is 0. The third-order valence-corrected chi connectivity index (χ3v) is 9.31. The van der Waals surface area contributed by atoms with E-state index in [1.807, 2.05) is 62.4 Å². The summed E-state index contributed by atoms with van der Waals surface area (Å²) in [5, 5.41) is 13.5. The Morgan fingerprint density at radius 2 is 1.39 bits per heavy atom. The van der Waals surface area contributed by atoms with Crippen molar-refractivity contribution in [1.29, 1.82) is 0 Å². The molecule has 0 aliphatic carbocycles. The number of carbonyl (C=O) groups is 3. The molecule has 0 aliphatic rings. The van der Waals surface area contributed by atoms with Crippen molar-refractivity contribution in [3.8, 4) is 0 Å². The Bertz CT molecular complexity index is 1660. The standard InChI is InChI=1S/C30H22Cl4N2O4S/c1-15-8-6-13-20(16(15)2)36-29(38)27(17-9-4-3-5-10-17)41-19-12-7-11-18(14-19)35-28(37)21-22(30(39)40)24(32)26(34)25(33)23(21)31/h3-14,27H,1-2H3,(H,35,37)(H,36,38)(H,39,40). The number of halogens is 4. The Labute approximate surface area is 261 Å². The van der Waals surface area contributed by atoms with E-state index in [4.69, 9.17) is 46.4 Å². The van der Waals surface area contributed by atoms with Crippen LogP contribution in [0.3, 0.4) is 0 Å². The predicted molar refractivity (Wildman–Crippen MR) is 167 cm³/mol. The van der Waals surface area contributed by atoms with Crippen molar-refractivity contribution < 1.29 is 19.5 Å². The van der Waals surface area contributed by atoms with Gasteiger partial charge in [0.15, 0.2) is 0 Å². The summed E-state index contributed by atoms with van der Waals surface area (Å²) in [5.74, 6) is -2.56. The van der Waals surface area contributed by atoms with Gasteiger partial charge in [-0.15, -0.1) is 11.8 Å². The van der Waals surface area contributed by atoms with Crippen molar-refractivity contribution in [2.45, 2.75) is 24.0 Å². The van der Waals surface area contributed by atoms with Crippen molar-refractivity contribution in [2.75, 3.05) is 10.6 Å². The normalized spacial score (nSPS) is 11.6. The molecular weight excluding hydrogens is 626 g/mol. The van der Waals surface area contributed by atoms with Crippen LogP contribution in [0.15, 0.2) is 77.7 Å². The van der Waals surface area contributed by atoms with Crippen LogP contribution in [0.1, 0.15) is 42.7 Å². The number of hydrogen-bond donors (Lipinski definition) is 3. The predicted octanol–water partition coefficient (Wildman–Crippen LogP) is 9.34. The second-order valence-electron chi connectivity index (χ2n) is 8.94. The highest BCUT2D eigenvalue weighted by molar-refractivity contribution is 8.00. The van der Waals surface area contributed by atoms with Crippen molar-refractivity contribution >= 4 is 87.3 Å². The van der Waals surface area contributed by atoms with Gasteiger partial charge in [0, 0.05) is 16.3 Å². The van der Waals surface area contributed by atoms with E-state index in [9.17, 15) is 19.5 Å². The minimum absolute atomic E-state index is 0.215. The van der Waals surface area contributed by atoms with Gasteiger partial charge >= 0.3 is 5.97 Å². The molecule has 0 heterocycles. The van der Waals surface area contributed by atoms with E-state index in [2.05, 4.69) is 10.6 Å². The molecule has 0 fully saturated rings. The SMILES string of the molecule is Cc1cccc(NC(=O)C(Sc2cccc(NC(=O)c3c(Cl)c(Cl)c(Cl)c(Cl)c3C(=O)O)c2)c2ccccc2)c1C. The largest absolute Gasteiger partial charge is 0.478 e. The highest BCUT2D eigenvalue weighted by Crippen LogP contribution is 2.42. The maximum absolute atomic E-state index is 13.6. The summed E-state index contributed by atoms with van der Waals surface area (Å²) in [4.78, 5) is 39.3. The van der Waals surface area contributed by atoms with E-state index in [1.54, 1.807) is 24.3 Å². The average molecular weight is 648 g/mol. The zero-order chi connectivity index (χ0) is 29.8. The second-order valence-corrected chi connectivity index (χ2v) is 11.6. The molecule has 210 valence electrons. The zero-order valence-corrected chi connectivity index (χ0v) is 25.4. The van der Waals surface area contributed by atoms with Gasteiger partial charge in [-0.05, 0) is 54.8 Å². The van der Waals surface area contributed by atoms with Gasteiger partial charge in [-0.25, -0.2) is 4.79 Å². The molecule has 0 bridgehead atoms. The van der Waals surface area contributed by atoms with Gasteiger partial charge in [-0.3, -0.25) is 9.59 Å². The first-order chi connectivity index (χ1) is 19.5. The van der Waals surface area contributed by atoms with Gasteiger partial charge in [-0.2, -0.15) is 0 Å². The summed E-state index contributed by atoms with van der Waals surface area (Å²) in [7, 11) is 0. The number of amides is 2. The maximum Gasteiger partial charge on any atom is 0.338 e. The number of benzene rings is 4. The fourth-order valence-electron chi connectivity index (χ4n) is 4.01. The molecule has 11 heteroatoms. The molecule has 4 aromatic rings. The van der Waals surface area contributed by atoms with Crippen molar-refractivity contribution in [2.24, 2.45) is 0 Å². The summed E-state index contributed by atoms with van der Waals surface area (Å²) in [6.45, 7) is 3.93. The molecule has 1 unspecified atom stereocenters. The summed E-state index contributed by atoms with van der Waals surface area (Å²) >= 11 is 25.7. The van der Waals surface area contributed by atoms with E-state index in [1.165, 1.54) is 11.8 Å². The van der Waals surface area contributed by atoms with E-state index in [0.29, 0.717) is 10.6 Å². The molecule has 4 aromatic carbocycles. The minimum Gasteiger partial charge on any atom is -0.478 e. The highest BCUT2D eigenvalue weighted by Gasteiger charge is 2.29. The summed E-state index contributed by atoms with van der Waals surface area (Å²) in [5.41, 5.74) is 2.89. The van der Waals surface area contributed by atoms with Crippen LogP contribution in [0.5, 0.6) is 0 Å². The van der Waals surface area contributed by atoms with E-state index >= 15 is 0 Å². The average Bonchev–Trinajstić information content (AvgIpc) is 2.95. The maximum atomic E-state index is 13.6. The third-order valence-electron chi connectivity index (χ3n) is 6.26. The van der Waals surface area contributed by atoms with Crippen LogP contribution in [0.4, 0.5) is 11.4 Å². The van der Waals surface area contributed by atoms with E-state index < -0.39 is 33.3 Å². The molecule has 0 radical (unpaired) electrons. The van der Waals surface area contributed by atoms with Crippen molar-refractivity contribution in [3.05, 3.63) is 121 Å². The lowest BCUT2D eigenvalue weighted by atomic mass is 10.1. The lowest BCUT2D eigenvalue weighted by Gasteiger charge is -2.19. The monoisotopic (exact) mass is 646 g/mol. The molecule has 2 amide bonds. The number of carboxylic acid groups (broad SMARTS) is 1. The molecule has 0 aromatic heterocycles. The topological polar surface area (TPSA) is 95.5 Å². The number of aryl methyl sites for hydroxylation is 1. The first-order valence-corrected chi connectivity index (χ1v) is 14.5. The van der Waals surface area contributed by atoms with E-state index in [-0.39, 0.29) is 21.0 Å². The van der Waals surface area contributed by atoms with Crippen LogP contribution < -0.4 is 10.6 Å². The lowest BCUT2D eigenvalue weighted by molar-refractivity contribution is -0.115. The fourth-order valence-corrected chi connectivity index (χ4v) is 6.11. The van der Waals surface area contributed by atoms with E-state index in [0.717, 1.165) is 22.4 Å². The number of carboxylic acids is 1. The number of carbonyl (C=O) groups excluding carboxylic acids is 2. The Kier molecular flexibility index (Phi) is 9.89. The van der Waals surface area contributed by atoms with Gasteiger partial charge in [0.2, 0.25) is 5.91 Å². The fraction of sp³-hybridized carbons (Fsp3) is 0.100. The molecule has 6 nitrogen and oxygen atoms in total. The van der Waals surface area contributed by atoms with Crippen LogP contribution in [0.25, 0.3) is 0 Å². The molecule has 4 rings (SSSR count). The molecule has 0 aliphatic heterocycles. The molecule has 0 saturated heterocycles. The minimum atomic E-state index is -1.49. The first kappa shape index (κ1) is 30.8. The Hall–Kier alpha value is -3.20. The Balaban J connectivity index is 1.63. The smallest absolute Gasteiger partial charge is 0.338 e. The van der Waals surface area contributed by atoms with Gasteiger partial charge < -0.3 is 15.7 Å². The zero-order valence-electron chi connectivity index (χ0n) is 21.6. The number of thioether (sulfide) groups is 1. The first-order valence-electron chi connectivity index (χ1n) is 12.1. The number of aromatic carboxylic acids is 1. The number of hydrogen-bond acceptors (Lipinski definition) is 4. The third kappa shape index (κ3) is 6.83. The quantitative estimate of drug-likeness (QED) is 0.101. The van der Waals surface area contributed by atoms with Gasteiger partial charge in [0.05, 0.1) is 31.2 Å². The highest BCUT2D eigenvalue weighted by atomic mass is 35.5. The Morgan fingerprint density at radius 1 is 0.756 bits per heavy atom. The van der Waals surface area contributed by atoms with Gasteiger partial charge in [0.1, 0.15) is 5.25 Å². The van der Waals surface area contributed by atoms with Crippen LogP contribution >= 0.6 is 58.2 Å². The number of rotatable bonds is 8. The lowest BCUT2D eigenvalue weighted by Crippen LogP contribution is -2.20. The molecule has 41 heavy (non-hydrogen) atoms. The van der Waals surface area contributed by atoms with Gasteiger partial charge in [-0.1, -0.05) is 94.9 Å². The van der Waals surface area contributed by atoms with Crippen molar-refractivity contribution in [1.82, 2.24) is 0 Å². The van der Waals surface area contributed by atoms with Crippen LogP contribution in [0.2, 0.25) is 20.1 Å². The molecule has 0 saturated carbocycles. The van der Waals surface area contributed by atoms with Crippen LogP contribution in [-0.4, -0.2) is 22.9 Å². The summed E-state index contributed by atoms with van der Waals surface area (Å²) < 4.78 is 0. The number of nitrogens with one attached hydrogen (secondary N) is 2.